The third kappa shape index (κ3) is 3.03. The van der Waals surface area contributed by atoms with E-state index in [0.29, 0.717) is 19.0 Å². The highest BCUT2D eigenvalue weighted by Crippen LogP contribution is 2.30. The Morgan fingerprint density at radius 2 is 2.41 bits per heavy atom. The molecule has 2 atom stereocenters. The number of amides is 1. The van der Waals surface area contributed by atoms with E-state index in [9.17, 15) is 4.79 Å². The van der Waals surface area contributed by atoms with Crippen LogP contribution in [-0.2, 0) is 11.3 Å². The third-order valence-electron chi connectivity index (χ3n) is 3.49. The van der Waals surface area contributed by atoms with Crippen LogP contribution in [0.4, 0.5) is 0 Å². The molecule has 4 nitrogen and oxygen atoms in total. The molecule has 1 amide bonds. The Labute approximate surface area is 102 Å². The van der Waals surface area contributed by atoms with E-state index in [1.54, 1.807) is 12.4 Å². The summed E-state index contributed by atoms with van der Waals surface area (Å²) in [6, 6.07) is 3.84. The summed E-state index contributed by atoms with van der Waals surface area (Å²) in [6.45, 7) is 1.17. The third-order valence-corrected chi connectivity index (χ3v) is 3.49. The van der Waals surface area contributed by atoms with Crippen LogP contribution in [0.2, 0.25) is 0 Å². The van der Waals surface area contributed by atoms with Gasteiger partial charge in [0, 0.05) is 24.9 Å². The van der Waals surface area contributed by atoms with Crippen LogP contribution < -0.4 is 11.1 Å². The van der Waals surface area contributed by atoms with Gasteiger partial charge >= 0.3 is 0 Å². The van der Waals surface area contributed by atoms with Crippen LogP contribution in [0.1, 0.15) is 24.8 Å². The van der Waals surface area contributed by atoms with Gasteiger partial charge in [-0.3, -0.25) is 9.78 Å². The van der Waals surface area contributed by atoms with E-state index < -0.39 is 0 Å². The number of carbonyl (C=O) groups excluding carboxylic acids is 1. The van der Waals surface area contributed by atoms with Gasteiger partial charge in [-0.05, 0) is 36.9 Å². The van der Waals surface area contributed by atoms with Crippen molar-refractivity contribution >= 4 is 5.91 Å². The summed E-state index contributed by atoms with van der Waals surface area (Å²) in [5.74, 6) is 0.613. The molecule has 4 heteroatoms. The lowest BCUT2D eigenvalue weighted by Crippen LogP contribution is -2.34. The van der Waals surface area contributed by atoms with Gasteiger partial charge in [-0.2, -0.15) is 0 Å². The molecule has 92 valence electrons. The minimum atomic E-state index is 0.108. The lowest BCUT2D eigenvalue weighted by atomic mass is 9.95. The molecule has 0 radical (unpaired) electrons. The Morgan fingerprint density at radius 3 is 3.12 bits per heavy atom. The van der Waals surface area contributed by atoms with Crippen LogP contribution in [0.15, 0.2) is 24.5 Å². The van der Waals surface area contributed by atoms with Gasteiger partial charge in [-0.1, -0.05) is 12.5 Å². The predicted molar refractivity (Wildman–Crippen MR) is 66.0 cm³/mol. The quantitative estimate of drug-likeness (QED) is 0.817. The highest BCUT2D eigenvalue weighted by Gasteiger charge is 2.31. The van der Waals surface area contributed by atoms with E-state index in [-0.39, 0.29) is 11.8 Å². The maximum atomic E-state index is 12.0. The highest BCUT2D eigenvalue weighted by molar-refractivity contribution is 5.79. The Balaban J connectivity index is 1.85. The minimum absolute atomic E-state index is 0.108. The van der Waals surface area contributed by atoms with Crippen molar-refractivity contribution in [2.75, 3.05) is 6.54 Å². The number of hydrogen-bond acceptors (Lipinski definition) is 3. The van der Waals surface area contributed by atoms with E-state index in [2.05, 4.69) is 10.3 Å². The normalized spacial score (nSPS) is 23.6. The maximum Gasteiger partial charge on any atom is 0.223 e. The van der Waals surface area contributed by atoms with E-state index >= 15 is 0 Å². The van der Waals surface area contributed by atoms with Crippen molar-refractivity contribution < 1.29 is 4.79 Å². The summed E-state index contributed by atoms with van der Waals surface area (Å²) in [5.41, 5.74) is 6.71. The number of nitrogens with one attached hydrogen (secondary N) is 1. The first-order valence-corrected chi connectivity index (χ1v) is 6.18. The summed E-state index contributed by atoms with van der Waals surface area (Å²) < 4.78 is 0. The topological polar surface area (TPSA) is 68.0 Å². The van der Waals surface area contributed by atoms with Crippen LogP contribution >= 0.6 is 0 Å². The van der Waals surface area contributed by atoms with E-state index in [1.165, 1.54) is 0 Å². The van der Waals surface area contributed by atoms with Crippen LogP contribution in [0.25, 0.3) is 0 Å². The fourth-order valence-corrected chi connectivity index (χ4v) is 2.49. The number of carbonyl (C=O) groups is 1. The minimum Gasteiger partial charge on any atom is -0.352 e. The predicted octanol–water partition coefficient (Wildman–Crippen LogP) is 1.07. The zero-order valence-corrected chi connectivity index (χ0v) is 9.93. The highest BCUT2D eigenvalue weighted by atomic mass is 16.1. The SMILES string of the molecule is NC[C@H]1CCC[C@H]1C(=O)NCc1cccnc1. The molecule has 17 heavy (non-hydrogen) atoms. The molecule has 3 N–H and O–H groups in total. The summed E-state index contributed by atoms with van der Waals surface area (Å²) in [7, 11) is 0. The van der Waals surface area contributed by atoms with Crippen molar-refractivity contribution in [1.82, 2.24) is 10.3 Å². The first-order chi connectivity index (χ1) is 8.31. The Morgan fingerprint density at radius 1 is 1.53 bits per heavy atom. The van der Waals surface area contributed by atoms with Gasteiger partial charge in [0.05, 0.1) is 0 Å². The molecule has 0 spiro atoms. The summed E-state index contributed by atoms with van der Waals surface area (Å²) in [5, 5.41) is 2.97. The second-order valence-corrected chi connectivity index (χ2v) is 4.61. The molecular formula is C13H19N3O. The maximum absolute atomic E-state index is 12.0. The number of pyridine rings is 1. The first-order valence-electron chi connectivity index (χ1n) is 6.18. The van der Waals surface area contributed by atoms with Crippen molar-refractivity contribution in [1.29, 1.82) is 0 Å². The average Bonchev–Trinajstić information content (AvgIpc) is 2.85. The second kappa shape index (κ2) is 5.77. The smallest absolute Gasteiger partial charge is 0.223 e. The molecule has 0 saturated heterocycles. The summed E-state index contributed by atoms with van der Waals surface area (Å²) in [6.07, 6.45) is 6.68. The van der Waals surface area contributed by atoms with Gasteiger partial charge in [0.25, 0.3) is 0 Å². The van der Waals surface area contributed by atoms with Gasteiger partial charge in [-0.15, -0.1) is 0 Å². The summed E-state index contributed by atoms with van der Waals surface area (Å²) in [4.78, 5) is 16.0. The largest absolute Gasteiger partial charge is 0.352 e. The summed E-state index contributed by atoms with van der Waals surface area (Å²) >= 11 is 0. The number of rotatable bonds is 4. The lowest BCUT2D eigenvalue weighted by molar-refractivity contribution is -0.126. The van der Waals surface area contributed by atoms with E-state index in [4.69, 9.17) is 5.73 Å². The lowest BCUT2D eigenvalue weighted by Gasteiger charge is -2.17. The van der Waals surface area contributed by atoms with Crippen LogP contribution in [0.5, 0.6) is 0 Å². The molecule has 1 saturated carbocycles. The Bertz CT molecular complexity index is 366. The fourth-order valence-electron chi connectivity index (χ4n) is 2.49. The van der Waals surface area contributed by atoms with Gasteiger partial charge in [0.1, 0.15) is 0 Å². The molecule has 1 aliphatic carbocycles. The molecule has 1 aromatic rings. The van der Waals surface area contributed by atoms with Gasteiger partial charge in [0.15, 0.2) is 0 Å². The number of nitrogens with zero attached hydrogens (tertiary/aromatic N) is 1. The molecule has 1 heterocycles. The van der Waals surface area contributed by atoms with Crippen molar-refractivity contribution in [3.05, 3.63) is 30.1 Å². The van der Waals surface area contributed by atoms with Crippen molar-refractivity contribution in [3.8, 4) is 0 Å². The van der Waals surface area contributed by atoms with Crippen LogP contribution in [-0.4, -0.2) is 17.4 Å². The van der Waals surface area contributed by atoms with Gasteiger partial charge < -0.3 is 11.1 Å². The molecule has 1 aliphatic rings. The molecule has 0 aliphatic heterocycles. The van der Waals surface area contributed by atoms with Crippen LogP contribution in [0.3, 0.4) is 0 Å². The van der Waals surface area contributed by atoms with Crippen molar-refractivity contribution in [2.24, 2.45) is 17.6 Å². The molecule has 0 bridgehead atoms. The van der Waals surface area contributed by atoms with Gasteiger partial charge in [0.2, 0.25) is 5.91 Å². The Kier molecular flexibility index (Phi) is 4.09. The first kappa shape index (κ1) is 12.0. The zero-order valence-electron chi connectivity index (χ0n) is 9.93. The number of nitrogens with two attached hydrogens (primary N) is 1. The van der Waals surface area contributed by atoms with Crippen molar-refractivity contribution in [3.63, 3.8) is 0 Å². The van der Waals surface area contributed by atoms with Crippen molar-refractivity contribution in [2.45, 2.75) is 25.8 Å². The monoisotopic (exact) mass is 233 g/mol. The number of aromatic nitrogens is 1. The van der Waals surface area contributed by atoms with E-state index in [1.807, 2.05) is 12.1 Å². The molecule has 1 aromatic heterocycles. The molecule has 0 aromatic carbocycles. The molecule has 2 rings (SSSR count). The molecule has 1 fully saturated rings. The molecule has 0 unspecified atom stereocenters. The van der Waals surface area contributed by atoms with Gasteiger partial charge in [-0.25, -0.2) is 0 Å². The zero-order chi connectivity index (χ0) is 12.1. The Hall–Kier alpha value is -1.42. The second-order valence-electron chi connectivity index (χ2n) is 4.61. The standard InChI is InChI=1S/C13H19N3O/c14-7-11-4-1-5-12(11)13(17)16-9-10-3-2-6-15-8-10/h2-3,6,8,11-12H,1,4-5,7,9,14H2,(H,16,17)/t11-,12-/m1/s1. The average molecular weight is 233 g/mol. The van der Waals surface area contributed by atoms with Crippen LogP contribution in [0, 0.1) is 11.8 Å². The van der Waals surface area contributed by atoms with E-state index in [0.717, 1.165) is 24.8 Å². The molecular weight excluding hydrogens is 214 g/mol. The number of hydrogen-bond donors (Lipinski definition) is 2. The fraction of sp³-hybridized carbons (Fsp3) is 0.538.